The largest absolute Gasteiger partial charge is 0.324 e. The van der Waals surface area contributed by atoms with Gasteiger partial charge in [-0.2, -0.15) is 11.3 Å². The van der Waals surface area contributed by atoms with E-state index in [2.05, 4.69) is 5.32 Å². The Morgan fingerprint density at radius 2 is 2.11 bits per heavy atom. The van der Waals surface area contributed by atoms with Crippen LogP contribution in [0.15, 0.2) is 35.0 Å². The Morgan fingerprint density at radius 1 is 1.28 bits per heavy atom. The molecule has 1 aromatic heterocycles. The normalized spacial score (nSPS) is 10.3. The van der Waals surface area contributed by atoms with Gasteiger partial charge in [-0.1, -0.05) is 0 Å². The molecule has 18 heavy (non-hydrogen) atoms. The molecule has 0 unspecified atom stereocenters. The van der Waals surface area contributed by atoms with E-state index >= 15 is 0 Å². The predicted molar refractivity (Wildman–Crippen MR) is 67.6 cm³/mol. The van der Waals surface area contributed by atoms with Crippen LogP contribution in [-0.4, -0.2) is 5.91 Å². The number of anilines is 1. The first kappa shape index (κ1) is 12.7. The summed E-state index contributed by atoms with van der Waals surface area (Å²) in [6.45, 7) is 0. The maximum absolute atomic E-state index is 13.3. The lowest BCUT2D eigenvalue weighted by Crippen LogP contribution is -2.13. The number of nitrogens with one attached hydrogen (secondary N) is 1. The topological polar surface area (TPSA) is 29.1 Å². The maximum Gasteiger partial charge on any atom is 0.224 e. The van der Waals surface area contributed by atoms with Gasteiger partial charge in [-0.05, 0) is 40.9 Å². The highest BCUT2D eigenvalue weighted by Crippen LogP contribution is 2.15. The highest BCUT2D eigenvalue weighted by atomic mass is 32.1. The second-order valence-electron chi connectivity index (χ2n) is 3.80. The van der Waals surface area contributed by atoms with E-state index in [-0.39, 0.29) is 18.0 Å². The van der Waals surface area contributed by atoms with Crippen LogP contribution in [0.2, 0.25) is 0 Å². The van der Waals surface area contributed by atoms with Crippen molar-refractivity contribution in [3.05, 3.63) is 52.2 Å². The average molecular weight is 267 g/mol. The van der Waals surface area contributed by atoms with Crippen LogP contribution in [0.1, 0.15) is 12.0 Å². The van der Waals surface area contributed by atoms with Crippen molar-refractivity contribution in [1.29, 1.82) is 0 Å². The molecule has 2 aromatic rings. The van der Waals surface area contributed by atoms with Gasteiger partial charge < -0.3 is 5.32 Å². The molecule has 0 spiro atoms. The lowest BCUT2D eigenvalue weighted by Gasteiger charge is -2.05. The van der Waals surface area contributed by atoms with E-state index in [1.165, 1.54) is 6.07 Å². The molecule has 0 saturated heterocycles. The number of halogens is 2. The van der Waals surface area contributed by atoms with Crippen molar-refractivity contribution in [2.75, 3.05) is 5.32 Å². The molecule has 0 aliphatic heterocycles. The standard InChI is InChI=1S/C13H11F2NOS/c14-10-2-3-12(11(15)7-10)16-13(17)4-1-9-5-6-18-8-9/h2-3,5-8H,1,4H2,(H,16,17). The molecule has 1 aromatic carbocycles. The second kappa shape index (κ2) is 5.73. The molecule has 2 nitrogen and oxygen atoms in total. The Kier molecular flexibility index (Phi) is 4.04. The van der Waals surface area contributed by atoms with E-state index in [9.17, 15) is 13.6 Å². The van der Waals surface area contributed by atoms with Crippen molar-refractivity contribution < 1.29 is 13.6 Å². The molecule has 1 N–H and O–H groups in total. The molecule has 0 aliphatic rings. The fourth-order valence-electron chi connectivity index (χ4n) is 1.50. The van der Waals surface area contributed by atoms with E-state index in [0.29, 0.717) is 6.42 Å². The number of carbonyl (C=O) groups is 1. The first-order valence-electron chi connectivity index (χ1n) is 5.41. The van der Waals surface area contributed by atoms with Crippen LogP contribution in [0.3, 0.4) is 0 Å². The van der Waals surface area contributed by atoms with Crippen molar-refractivity contribution in [1.82, 2.24) is 0 Å². The summed E-state index contributed by atoms with van der Waals surface area (Å²) in [7, 11) is 0. The predicted octanol–water partition coefficient (Wildman–Crippen LogP) is 3.60. The average Bonchev–Trinajstić information content (AvgIpc) is 2.83. The maximum atomic E-state index is 13.3. The summed E-state index contributed by atoms with van der Waals surface area (Å²) in [5.74, 6) is -1.71. The molecule has 0 fully saturated rings. The number of amides is 1. The number of hydrogen-bond acceptors (Lipinski definition) is 2. The van der Waals surface area contributed by atoms with Crippen LogP contribution >= 0.6 is 11.3 Å². The number of carbonyl (C=O) groups excluding carboxylic acids is 1. The Bertz CT molecular complexity index is 540. The summed E-state index contributed by atoms with van der Waals surface area (Å²) in [6, 6.07) is 5.01. The monoisotopic (exact) mass is 267 g/mol. The van der Waals surface area contributed by atoms with Crippen molar-refractivity contribution in [2.45, 2.75) is 12.8 Å². The minimum atomic E-state index is -0.765. The molecule has 0 atom stereocenters. The van der Waals surface area contributed by atoms with Crippen LogP contribution in [0, 0.1) is 11.6 Å². The van der Waals surface area contributed by atoms with Crippen LogP contribution in [0.5, 0.6) is 0 Å². The number of aryl methyl sites for hydroxylation is 1. The van der Waals surface area contributed by atoms with Gasteiger partial charge in [-0.25, -0.2) is 8.78 Å². The SMILES string of the molecule is O=C(CCc1ccsc1)Nc1ccc(F)cc1F. The van der Waals surface area contributed by atoms with Gasteiger partial charge in [0.2, 0.25) is 5.91 Å². The highest BCUT2D eigenvalue weighted by molar-refractivity contribution is 7.07. The highest BCUT2D eigenvalue weighted by Gasteiger charge is 2.08. The molecular formula is C13H11F2NOS. The van der Waals surface area contributed by atoms with Gasteiger partial charge in [-0.15, -0.1) is 0 Å². The molecule has 0 saturated carbocycles. The van der Waals surface area contributed by atoms with Gasteiger partial charge in [-0.3, -0.25) is 4.79 Å². The number of thiophene rings is 1. The molecule has 0 aliphatic carbocycles. The first-order valence-corrected chi connectivity index (χ1v) is 6.35. The lowest BCUT2D eigenvalue weighted by molar-refractivity contribution is -0.116. The van der Waals surface area contributed by atoms with Crippen LogP contribution in [0.4, 0.5) is 14.5 Å². The minimum absolute atomic E-state index is 0.00622. The van der Waals surface area contributed by atoms with Crippen molar-refractivity contribution in [2.24, 2.45) is 0 Å². The number of benzene rings is 1. The van der Waals surface area contributed by atoms with Gasteiger partial charge in [0.25, 0.3) is 0 Å². The van der Waals surface area contributed by atoms with Crippen molar-refractivity contribution in [3.63, 3.8) is 0 Å². The summed E-state index contributed by atoms with van der Waals surface area (Å²) < 4.78 is 25.9. The fraction of sp³-hybridized carbons (Fsp3) is 0.154. The van der Waals surface area contributed by atoms with E-state index in [1.54, 1.807) is 11.3 Å². The molecule has 5 heteroatoms. The Balaban J connectivity index is 1.91. The summed E-state index contributed by atoms with van der Waals surface area (Å²) in [5, 5.41) is 6.32. The van der Waals surface area contributed by atoms with E-state index < -0.39 is 11.6 Å². The number of rotatable bonds is 4. The minimum Gasteiger partial charge on any atom is -0.324 e. The molecule has 1 heterocycles. The lowest BCUT2D eigenvalue weighted by atomic mass is 10.2. The fourth-order valence-corrected chi connectivity index (χ4v) is 2.20. The van der Waals surface area contributed by atoms with Crippen LogP contribution in [-0.2, 0) is 11.2 Å². The third-order valence-electron chi connectivity index (χ3n) is 2.43. The molecule has 2 rings (SSSR count). The molecule has 94 valence electrons. The zero-order chi connectivity index (χ0) is 13.0. The van der Waals surface area contributed by atoms with Crippen LogP contribution < -0.4 is 5.32 Å². The Morgan fingerprint density at radius 3 is 2.78 bits per heavy atom. The van der Waals surface area contributed by atoms with Gasteiger partial charge in [0.15, 0.2) is 0 Å². The number of hydrogen-bond donors (Lipinski definition) is 1. The van der Waals surface area contributed by atoms with Gasteiger partial charge in [0.05, 0.1) is 5.69 Å². The molecule has 0 bridgehead atoms. The Hall–Kier alpha value is -1.75. The summed E-state index contributed by atoms with van der Waals surface area (Å²) in [5.41, 5.74) is 1.08. The van der Waals surface area contributed by atoms with E-state index in [0.717, 1.165) is 17.7 Å². The summed E-state index contributed by atoms with van der Waals surface area (Å²) >= 11 is 1.57. The smallest absolute Gasteiger partial charge is 0.224 e. The second-order valence-corrected chi connectivity index (χ2v) is 4.58. The third kappa shape index (κ3) is 3.37. The first-order chi connectivity index (χ1) is 8.65. The van der Waals surface area contributed by atoms with Gasteiger partial charge in [0.1, 0.15) is 11.6 Å². The van der Waals surface area contributed by atoms with Gasteiger partial charge >= 0.3 is 0 Å². The zero-order valence-corrected chi connectivity index (χ0v) is 10.3. The van der Waals surface area contributed by atoms with Crippen molar-refractivity contribution in [3.8, 4) is 0 Å². The van der Waals surface area contributed by atoms with E-state index in [4.69, 9.17) is 0 Å². The zero-order valence-electron chi connectivity index (χ0n) is 9.45. The quantitative estimate of drug-likeness (QED) is 0.901. The Labute approximate surface area is 107 Å². The van der Waals surface area contributed by atoms with Crippen molar-refractivity contribution >= 4 is 22.9 Å². The molecular weight excluding hydrogens is 256 g/mol. The van der Waals surface area contributed by atoms with Crippen LogP contribution in [0.25, 0.3) is 0 Å². The van der Waals surface area contributed by atoms with E-state index in [1.807, 2.05) is 16.8 Å². The summed E-state index contributed by atoms with van der Waals surface area (Å²) in [4.78, 5) is 11.6. The summed E-state index contributed by atoms with van der Waals surface area (Å²) in [6.07, 6.45) is 0.881. The molecule has 0 radical (unpaired) electrons. The van der Waals surface area contributed by atoms with Gasteiger partial charge in [0, 0.05) is 12.5 Å². The third-order valence-corrected chi connectivity index (χ3v) is 3.16. The molecule has 1 amide bonds.